The van der Waals surface area contributed by atoms with Crippen molar-refractivity contribution < 1.29 is 8.78 Å². The summed E-state index contributed by atoms with van der Waals surface area (Å²) in [4.78, 5) is 22.2. The minimum absolute atomic E-state index is 0.0103. The fourth-order valence-electron chi connectivity index (χ4n) is 3.45. The van der Waals surface area contributed by atoms with E-state index in [0.29, 0.717) is 39.6 Å². The van der Waals surface area contributed by atoms with Gasteiger partial charge in [-0.05, 0) is 30.5 Å². The van der Waals surface area contributed by atoms with E-state index >= 15 is 0 Å². The van der Waals surface area contributed by atoms with E-state index in [4.69, 9.17) is 11.6 Å². The lowest BCUT2D eigenvalue weighted by Crippen LogP contribution is -2.17. The number of hydrogen-bond donors (Lipinski definition) is 3. The van der Waals surface area contributed by atoms with Gasteiger partial charge in [-0.3, -0.25) is 4.79 Å². The Morgan fingerprint density at radius 2 is 1.97 bits per heavy atom. The van der Waals surface area contributed by atoms with Crippen molar-refractivity contribution in [3.8, 4) is 0 Å². The molecule has 0 unspecified atom stereocenters. The van der Waals surface area contributed by atoms with E-state index in [-0.39, 0.29) is 34.9 Å². The number of fused-ring (bicyclic) bond motifs is 1. The Labute approximate surface area is 170 Å². The van der Waals surface area contributed by atoms with Gasteiger partial charge in [0.1, 0.15) is 11.5 Å². The molecule has 0 spiro atoms. The Kier molecular flexibility index (Phi) is 5.00. The van der Waals surface area contributed by atoms with Crippen LogP contribution in [0, 0.1) is 5.95 Å². The van der Waals surface area contributed by atoms with Crippen LogP contribution < -0.4 is 10.9 Å². The van der Waals surface area contributed by atoms with Crippen LogP contribution in [0.25, 0.3) is 16.6 Å². The topological polar surface area (TPSA) is 73.6 Å². The summed E-state index contributed by atoms with van der Waals surface area (Å²) >= 11 is 6.08. The third-order valence-electron chi connectivity index (χ3n) is 4.88. The van der Waals surface area contributed by atoms with E-state index in [0.717, 1.165) is 0 Å². The van der Waals surface area contributed by atoms with E-state index in [2.05, 4.69) is 20.3 Å². The molecule has 4 rings (SSSR count). The Morgan fingerprint density at radius 1 is 1.17 bits per heavy atom. The van der Waals surface area contributed by atoms with Crippen molar-refractivity contribution in [3.05, 3.63) is 68.9 Å². The highest BCUT2D eigenvalue weighted by Crippen LogP contribution is 2.35. The van der Waals surface area contributed by atoms with Crippen molar-refractivity contribution in [2.24, 2.45) is 0 Å². The van der Waals surface area contributed by atoms with Crippen LogP contribution in [0.3, 0.4) is 0 Å². The van der Waals surface area contributed by atoms with Crippen molar-refractivity contribution in [2.75, 3.05) is 5.32 Å². The predicted molar refractivity (Wildman–Crippen MR) is 112 cm³/mol. The molecule has 0 fully saturated rings. The molecular formula is C21H19ClF2N4O. The summed E-state index contributed by atoms with van der Waals surface area (Å²) in [7, 11) is 0. The first-order valence-corrected chi connectivity index (χ1v) is 9.64. The molecule has 0 radical (unpaired) electrons. The van der Waals surface area contributed by atoms with Gasteiger partial charge in [0, 0.05) is 40.4 Å². The first-order valence-electron chi connectivity index (χ1n) is 9.26. The zero-order valence-corrected chi connectivity index (χ0v) is 16.6. The van der Waals surface area contributed by atoms with Crippen molar-refractivity contribution in [1.29, 1.82) is 0 Å². The van der Waals surface area contributed by atoms with Gasteiger partial charge in [-0.15, -0.1) is 0 Å². The Bertz CT molecular complexity index is 1220. The molecule has 5 nitrogen and oxygen atoms in total. The Hall–Kier alpha value is -2.93. The van der Waals surface area contributed by atoms with Crippen LogP contribution in [0.4, 0.5) is 20.2 Å². The van der Waals surface area contributed by atoms with Gasteiger partial charge in [-0.1, -0.05) is 25.4 Å². The van der Waals surface area contributed by atoms with Gasteiger partial charge >= 0.3 is 0 Å². The fourth-order valence-corrected chi connectivity index (χ4v) is 3.65. The van der Waals surface area contributed by atoms with Gasteiger partial charge in [-0.25, -0.2) is 9.37 Å². The van der Waals surface area contributed by atoms with Crippen molar-refractivity contribution in [2.45, 2.75) is 32.6 Å². The highest BCUT2D eigenvalue weighted by atomic mass is 35.5. The molecule has 3 aromatic rings. The van der Waals surface area contributed by atoms with Crippen LogP contribution in [0.1, 0.15) is 43.9 Å². The molecule has 0 aliphatic heterocycles. The van der Waals surface area contributed by atoms with E-state index in [1.165, 1.54) is 12.1 Å². The number of aromatic nitrogens is 3. The molecule has 3 aromatic heterocycles. The second kappa shape index (κ2) is 7.48. The summed E-state index contributed by atoms with van der Waals surface area (Å²) in [6.45, 7) is 3.87. The Balaban J connectivity index is 1.87. The lowest BCUT2D eigenvalue weighted by Gasteiger charge is -2.18. The number of H-pyrrole nitrogens is 2. The maximum atomic E-state index is 14.5. The number of aromatic amines is 2. The average molecular weight is 417 g/mol. The zero-order chi connectivity index (χ0) is 20.7. The fraction of sp³-hybridized carbons (Fsp3) is 0.238. The normalized spacial score (nSPS) is 14.6. The molecule has 150 valence electrons. The van der Waals surface area contributed by atoms with Crippen molar-refractivity contribution >= 4 is 39.6 Å². The molecule has 0 amide bonds. The third-order valence-corrected chi connectivity index (χ3v) is 5.18. The van der Waals surface area contributed by atoms with E-state index < -0.39 is 5.95 Å². The number of nitrogens with one attached hydrogen (secondary N) is 3. The van der Waals surface area contributed by atoms with Crippen LogP contribution in [-0.4, -0.2) is 15.0 Å². The van der Waals surface area contributed by atoms with Gasteiger partial charge in [-0.2, -0.15) is 4.39 Å². The number of nitrogens with zero attached hydrogens (tertiary/aromatic N) is 1. The largest absolute Gasteiger partial charge is 0.353 e. The van der Waals surface area contributed by atoms with Crippen LogP contribution in [-0.2, 0) is 0 Å². The standard InChI is InChI=1S/C21H19ClF2N4O/c1-10(2)19-17(26-16-5-6-25-20-14(16)9-18(24)27-20)8-13(21(29)28-19)12-7-11(22)3-4-15(12)23/h5-10H,3-4H2,1-2H3,(H,28,29)(H2,25,26,27). The van der Waals surface area contributed by atoms with Gasteiger partial charge in [0.15, 0.2) is 5.95 Å². The molecule has 0 bridgehead atoms. The van der Waals surface area contributed by atoms with Crippen molar-refractivity contribution in [3.63, 3.8) is 0 Å². The molecule has 1 aliphatic rings. The molecular weight excluding hydrogens is 398 g/mol. The van der Waals surface area contributed by atoms with Gasteiger partial charge in [0.2, 0.25) is 0 Å². The van der Waals surface area contributed by atoms with Gasteiger partial charge < -0.3 is 15.3 Å². The minimum atomic E-state index is -0.498. The van der Waals surface area contributed by atoms with E-state index in [1.807, 2.05) is 13.8 Å². The number of halogens is 3. The maximum absolute atomic E-state index is 14.5. The van der Waals surface area contributed by atoms with Crippen LogP contribution >= 0.6 is 11.6 Å². The van der Waals surface area contributed by atoms with E-state index in [1.54, 1.807) is 18.3 Å². The van der Waals surface area contributed by atoms with Crippen LogP contribution in [0.5, 0.6) is 0 Å². The number of anilines is 2. The van der Waals surface area contributed by atoms with Crippen LogP contribution in [0.15, 0.2) is 46.1 Å². The monoisotopic (exact) mass is 416 g/mol. The second-order valence-electron chi connectivity index (χ2n) is 7.27. The van der Waals surface area contributed by atoms with E-state index in [9.17, 15) is 13.6 Å². The maximum Gasteiger partial charge on any atom is 0.256 e. The van der Waals surface area contributed by atoms with Gasteiger partial charge in [0.25, 0.3) is 5.56 Å². The molecule has 0 saturated heterocycles. The summed E-state index contributed by atoms with van der Waals surface area (Å²) in [5.41, 5.74) is 2.26. The zero-order valence-electron chi connectivity index (χ0n) is 15.9. The second-order valence-corrected chi connectivity index (χ2v) is 7.75. The molecule has 0 saturated carbocycles. The summed E-state index contributed by atoms with van der Waals surface area (Å²) < 4.78 is 28.1. The Morgan fingerprint density at radius 3 is 2.72 bits per heavy atom. The highest BCUT2D eigenvalue weighted by Gasteiger charge is 2.20. The van der Waals surface area contributed by atoms with Gasteiger partial charge in [0.05, 0.1) is 16.9 Å². The molecule has 3 N–H and O–H groups in total. The lowest BCUT2D eigenvalue weighted by molar-refractivity contribution is 0.590. The smallest absolute Gasteiger partial charge is 0.256 e. The molecule has 8 heteroatoms. The number of pyridine rings is 2. The summed E-state index contributed by atoms with van der Waals surface area (Å²) in [5, 5.41) is 4.32. The average Bonchev–Trinajstić information content (AvgIpc) is 3.06. The first-order chi connectivity index (χ1) is 13.8. The number of allylic oxidation sites excluding steroid dienone is 4. The number of hydrogen-bond acceptors (Lipinski definition) is 3. The number of rotatable bonds is 4. The predicted octanol–water partition coefficient (Wildman–Crippen LogP) is 5.85. The minimum Gasteiger partial charge on any atom is -0.353 e. The summed E-state index contributed by atoms with van der Waals surface area (Å²) in [6, 6.07) is 4.67. The molecule has 29 heavy (non-hydrogen) atoms. The molecule has 0 aromatic carbocycles. The molecule has 0 atom stereocenters. The molecule has 1 aliphatic carbocycles. The quantitative estimate of drug-likeness (QED) is 0.499. The summed E-state index contributed by atoms with van der Waals surface area (Å²) in [5.74, 6) is -0.881. The lowest BCUT2D eigenvalue weighted by atomic mass is 9.97. The highest BCUT2D eigenvalue weighted by molar-refractivity contribution is 6.30. The third kappa shape index (κ3) is 3.70. The molecule has 3 heterocycles. The van der Waals surface area contributed by atoms with Crippen molar-refractivity contribution in [1.82, 2.24) is 15.0 Å². The summed E-state index contributed by atoms with van der Waals surface area (Å²) in [6.07, 6.45) is 3.62. The first kappa shape index (κ1) is 19.4. The van der Waals surface area contributed by atoms with Crippen LogP contribution in [0.2, 0.25) is 0 Å². The SMILES string of the molecule is CC(C)c1[nH]c(=O)c(C2=C(F)CCC(Cl)=C2)cc1Nc1ccnc2[nH]c(F)cc12.